The van der Waals surface area contributed by atoms with Gasteiger partial charge in [-0.05, 0) is 60.1 Å². The molecule has 0 bridgehead atoms. The van der Waals surface area contributed by atoms with Gasteiger partial charge in [-0.15, -0.1) is 0 Å². The molecule has 5 heteroatoms. The minimum absolute atomic E-state index is 0.288. The van der Waals surface area contributed by atoms with Crippen molar-refractivity contribution < 1.29 is 0 Å². The van der Waals surface area contributed by atoms with Crippen LogP contribution in [0, 0.1) is 0 Å². The molecule has 0 aromatic carbocycles. The Hall–Kier alpha value is -0.910. The summed E-state index contributed by atoms with van der Waals surface area (Å²) in [5, 5.41) is 4.40. The normalized spacial score (nSPS) is 12.3. The third-order valence-corrected chi connectivity index (χ3v) is 4.74. The maximum Gasteiger partial charge on any atom is 0.115 e. The second-order valence-corrected chi connectivity index (χ2v) is 6.40. The van der Waals surface area contributed by atoms with Crippen molar-refractivity contribution in [3.63, 3.8) is 0 Å². The monoisotopic (exact) mass is 351 g/mol. The molecular formula is C15H18BrN3S. The Morgan fingerprint density at radius 3 is 2.80 bits per heavy atom. The molecule has 0 aliphatic rings. The van der Waals surface area contributed by atoms with Crippen molar-refractivity contribution >= 4 is 27.7 Å². The number of aromatic nitrogens is 2. The number of nitrogens with zero attached hydrogens (tertiary/aromatic N) is 2. The minimum atomic E-state index is 0.288. The first-order valence-electron chi connectivity index (χ1n) is 6.68. The fourth-order valence-corrected chi connectivity index (χ4v) is 2.97. The van der Waals surface area contributed by atoms with Gasteiger partial charge in [-0.25, -0.2) is 4.98 Å². The number of halogens is 1. The first-order valence-corrected chi connectivity index (χ1v) is 8.29. The third-order valence-electron chi connectivity index (χ3n) is 2.84. The molecular weight excluding hydrogens is 334 g/mol. The van der Waals surface area contributed by atoms with Crippen LogP contribution >= 0.6 is 27.7 Å². The maximum absolute atomic E-state index is 4.53. The van der Waals surface area contributed by atoms with Crippen molar-refractivity contribution in [1.82, 2.24) is 15.3 Å². The van der Waals surface area contributed by atoms with Crippen LogP contribution in [0.1, 0.15) is 32.0 Å². The van der Waals surface area contributed by atoms with E-state index in [1.807, 2.05) is 18.3 Å². The van der Waals surface area contributed by atoms with Crippen LogP contribution in [0.15, 0.2) is 51.1 Å². The highest BCUT2D eigenvalue weighted by Gasteiger charge is 2.07. The van der Waals surface area contributed by atoms with Crippen LogP contribution in [0.2, 0.25) is 0 Å². The zero-order valence-electron chi connectivity index (χ0n) is 11.6. The van der Waals surface area contributed by atoms with Crippen LogP contribution in [0.5, 0.6) is 0 Å². The van der Waals surface area contributed by atoms with E-state index in [-0.39, 0.29) is 6.04 Å². The molecule has 0 aliphatic carbocycles. The van der Waals surface area contributed by atoms with Crippen molar-refractivity contribution in [2.24, 2.45) is 0 Å². The largest absolute Gasteiger partial charge is 0.309 e. The van der Waals surface area contributed by atoms with E-state index in [4.69, 9.17) is 0 Å². The summed E-state index contributed by atoms with van der Waals surface area (Å²) in [5.41, 5.74) is 1.07. The fraction of sp³-hybridized carbons (Fsp3) is 0.333. The zero-order chi connectivity index (χ0) is 14.4. The first-order chi connectivity index (χ1) is 9.70. The van der Waals surface area contributed by atoms with E-state index in [1.165, 1.54) is 0 Å². The summed E-state index contributed by atoms with van der Waals surface area (Å²) in [4.78, 5) is 9.97. The molecule has 106 valence electrons. The standard InChI is InChI=1S/C15H18BrN3S/c1-3-8-17-11(2)14-7-6-12(10-19-14)20-15-13(16)5-4-9-18-15/h4-7,9-11,17H,3,8H2,1-2H3. The van der Waals surface area contributed by atoms with Gasteiger partial charge in [0.05, 0.1) is 10.2 Å². The molecule has 2 aromatic rings. The topological polar surface area (TPSA) is 37.8 Å². The summed E-state index contributed by atoms with van der Waals surface area (Å²) in [6, 6.07) is 8.37. The molecule has 0 radical (unpaired) electrons. The van der Waals surface area contributed by atoms with E-state index in [1.54, 1.807) is 18.0 Å². The Morgan fingerprint density at radius 1 is 1.30 bits per heavy atom. The van der Waals surface area contributed by atoms with Crippen molar-refractivity contribution in [3.05, 3.63) is 46.8 Å². The van der Waals surface area contributed by atoms with Gasteiger partial charge in [-0.2, -0.15) is 0 Å². The Labute approximate surface area is 132 Å². The average Bonchev–Trinajstić information content (AvgIpc) is 2.48. The Balaban J connectivity index is 2.03. The molecule has 0 fully saturated rings. The summed E-state index contributed by atoms with van der Waals surface area (Å²) in [6.45, 7) is 5.32. The van der Waals surface area contributed by atoms with Gasteiger partial charge in [0.25, 0.3) is 0 Å². The smallest absolute Gasteiger partial charge is 0.115 e. The van der Waals surface area contributed by atoms with Crippen LogP contribution in [0.3, 0.4) is 0 Å². The second kappa shape index (κ2) is 7.76. The molecule has 2 aromatic heterocycles. The van der Waals surface area contributed by atoms with Crippen LogP contribution < -0.4 is 5.32 Å². The van der Waals surface area contributed by atoms with Crippen LogP contribution in [-0.2, 0) is 0 Å². The molecule has 0 aliphatic heterocycles. The number of nitrogens with one attached hydrogen (secondary N) is 1. The van der Waals surface area contributed by atoms with Crippen LogP contribution in [0.25, 0.3) is 0 Å². The molecule has 2 rings (SSSR count). The highest BCUT2D eigenvalue weighted by molar-refractivity contribution is 9.10. The van der Waals surface area contributed by atoms with Gasteiger partial charge in [0.15, 0.2) is 0 Å². The van der Waals surface area contributed by atoms with Gasteiger partial charge in [-0.1, -0.05) is 18.7 Å². The molecule has 2 heterocycles. The first kappa shape index (κ1) is 15.5. The van der Waals surface area contributed by atoms with Crippen molar-refractivity contribution in [2.45, 2.75) is 36.2 Å². The SMILES string of the molecule is CCCNC(C)c1ccc(Sc2ncccc2Br)cn1. The van der Waals surface area contributed by atoms with E-state index in [0.29, 0.717) is 0 Å². The number of rotatable bonds is 6. The summed E-state index contributed by atoms with van der Waals surface area (Å²) >= 11 is 5.12. The Morgan fingerprint density at radius 2 is 2.15 bits per heavy atom. The molecule has 0 amide bonds. The highest BCUT2D eigenvalue weighted by atomic mass is 79.9. The lowest BCUT2D eigenvalue weighted by atomic mass is 10.2. The van der Waals surface area contributed by atoms with Gasteiger partial charge >= 0.3 is 0 Å². The molecule has 0 saturated carbocycles. The van der Waals surface area contributed by atoms with Crippen molar-refractivity contribution in [1.29, 1.82) is 0 Å². The quantitative estimate of drug-likeness (QED) is 0.834. The van der Waals surface area contributed by atoms with Gasteiger partial charge in [0.2, 0.25) is 0 Å². The van der Waals surface area contributed by atoms with Gasteiger partial charge in [0.1, 0.15) is 5.03 Å². The molecule has 20 heavy (non-hydrogen) atoms. The molecule has 3 nitrogen and oxygen atoms in total. The predicted octanol–water partition coefficient (Wildman–Crippen LogP) is 4.45. The lowest BCUT2D eigenvalue weighted by Crippen LogP contribution is -2.20. The lowest BCUT2D eigenvalue weighted by Gasteiger charge is -2.12. The third kappa shape index (κ3) is 4.30. The molecule has 1 N–H and O–H groups in total. The number of hydrogen-bond acceptors (Lipinski definition) is 4. The van der Waals surface area contributed by atoms with Crippen molar-refractivity contribution in [2.75, 3.05) is 6.54 Å². The average molecular weight is 352 g/mol. The Kier molecular flexibility index (Phi) is 6.01. The van der Waals surface area contributed by atoms with Crippen LogP contribution in [-0.4, -0.2) is 16.5 Å². The molecule has 0 spiro atoms. The molecule has 1 unspecified atom stereocenters. The number of hydrogen-bond donors (Lipinski definition) is 1. The molecule has 0 saturated heterocycles. The fourth-order valence-electron chi connectivity index (χ4n) is 1.73. The van der Waals surface area contributed by atoms with E-state index >= 15 is 0 Å². The van der Waals surface area contributed by atoms with E-state index in [2.05, 4.69) is 57.2 Å². The molecule has 1 atom stereocenters. The van der Waals surface area contributed by atoms with Gasteiger partial charge < -0.3 is 5.32 Å². The Bertz CT molecular complexity index is 545. The van der Waals surface area contributed by atoms with Gasteiger partial charge in [0, 0.05) is 23.3 Å². The zero-order valence-corrected chi connectivity index (χ0v) is 14.0. The van der Waals surface area contributed by atoms with E-state index in [0.717, 1.165) is 33.1 Å². The van der Waals surface area contributed by atoms with Crippen LogP contribution in [0.4, 0.5) is 0 Å². The summed E-state index contributed by atoms with van der Waals surface area (Å²) in [7, 11) is 0. The summed E-state index contributed by atoms with van der Waals surface area (Å²) < 4.78 is 1.01. The second-order valence-electron chi connectivity index (χ2n) is 4.49. The highest BCUT2D eigenvalue weighted by Crippen LogP contribution is 2.31. The maximum atomic E-state index is 4.53. The van der Waals surface area contributed by atoms with Gasteiger partial charge in [-0.3, -0.25) is 4.98 Å². The van der Waals surface area contributed by atoms with Crippen molar-refractivity contribution in [3.8, 4) is 0 Å². The minimum Gasteiger partial charge on any atom is -0.309 e. The summed E-state index contributed by atoms with van der Waals surface area (Å²) in [6.07, 6.45) is 4.84. The van der Waals surface area contributed by atoms with E-state index < -0.39 is 0 Å². The number of pyridine rings is 2. The van der Waals surface area contributed by atoms with E-state index in [9.17, 15) is 0 Å². The lowest BCUT2D eigenvalue weighted by molar-refractivity contribution is 0.558. The predicted molar refractivity (Wildman–Crippen MR) is 87.0 cm³/mol. The summed E-state index contributed by atoms with van der Waals surface area (Å²) in [5.74, 6) is 0.